The molecule has 0 aliphatic heterocycles. The van der Waals surface area contributed by atoms with E-state index < -0.39 is 5.82 Å². The molecular weight excluding hydrogens is 349 g/mol. The van der Waals surface area contributed by atoms with E-state index in [4.69, 9.17) is 27.5 Å². The van der Waals surface area contributed by atoms with E-state index in [1.165, 1.54) is 18.3 Å². The first-order valence-corrected chi connectivity index (χ1v) is 6.71. The second kappa shape index (κ2) is 6.19. The van der Waals surface area contributed by atoms with Crippen molar-refractivity contribution in [2.75, 3.05) is 0 Å². The van der Waals surface area contributed by atoms with Crippen molar-refractivity contribution in [1.82, 2.24) is 4.98 Å². The highest BCUT2D eigenvalue weighted by molar-refractivity contribution is 9.10. The minimum absolute atomic E-state index is 0.00928. The van der Waals surface area contributed by atoms with Crippen molar-refractivity contribution in [3.8, 4) is 5.75 Å². The molecule has 1 aromatic carbocycles. The monoisotopic (exact) mass is 357 g/mol. The van der Waals surface area contributed by atoms with Gasteiger partial charge in [0.15, 0.2) is 0 Å². The third kappa shape index (κ3) is 3.26. The number of halogens is 3. The molecule has 0 atom stereocenters. The van der Waals surface area contributed by atoms with Gasteiger partial charge in [-0.1, -0.05) is 17.7 Å². The molecular formula is C13H10BrClFN3O. The maximum atomic E-state index is 13.4. The number of ether oxygens (including phenoxy) is 1. The number of nitrogen functional groups attached to an aromatic ring is 1. The van der Waals surface area contributed by atoms with Crippen LogP contribution in [0.1, 0.15) is 11.3 Å². The second-order valence-corrected chi connectivity index (χ2v) is 5.17. The molecule has 20 heavy (non-hydrogen) atoms. The fourth-order valence-corrected chi connectivity index (χ4v) is 2.32. The van der Waals surface area contributed by atoms with Gasteiger partial charge in [0.1, 0.15) is 29.7 Å². The van der Waals surface area contributed by atoms with Crippen LogP contribution in [0.3, 0.4) is 0 Å². The SMILES string of the molecule is N=C(N)c1ncccc1COc1cc(F)c(Cl)cc1Br. The van der Waals surface area contributed by atoms with Crippen molar-refractivity contribution < 1.29 is 9.13 Å². The first-order valence-electron chi connectivity index (χ1n) is 5.54. The van der Waals surface area contributed by atoms with Gasteiger partial charge in [-0.3, -0.25) is 10.4 Å². The van der Waals surface area contributed by atoms with Gasteiger partial charge >= 0.3 is 0 Å². The number of amidine groups is 1. The van der Waals surface area contributed by atoms with Crippen LogP contribution in [0.15, 0.2) is 34.9 Å². The Morgan fingerprint density at radius 3 is 2.95 bits per heavy atom. The number of benzene rings is 1. The smallest absolute Gasteiger partial charge is 0.145 e. The van der Waals surface area contributed by atoms with Crippen molar-refractivity contribution in [3.05, 3.63) is 57.0 Å². The largest absolute Gasteiger partial charge is 0.488 e. The molecule has 4 nitrogen and oxygen atoms in total. The summed E-state index contributed by atoms with van der Waals surface area (Å²) >= 11 is 8.90. The molecule has 0 fully saturated rings. The van der Waals surface area contributed by atoms with Crippen molar-refractivity contribution in [3.63, 3.8) is 0 Å². The molecule has 0 bridgehead atoms. The molecule has 0 aliphatic carbocycles. The minimum Gasteiger partial charge on any atom is -0.488 e. The number of hydrogen-bond donors (Lipinski definition) is 2. The summed E-state index contributed by atoms with van der Waals surface area (Å²) in [5.41, 5.74) is 6.42. The molecule has 0 unspecified atom stereocenters. The molecule has 2 aromatic rings. The summed E-state index contributed by atoms with van der Waals surface area (Å²) in [5, 5.41) is 7.45. The third-order valence-electron chi connectivity index (χ3n) is 2.50. The van der Waals surface area contributed by atoms with E-state index >= 15 is 0 Å². The van der Waals surface area contributed by atoms with Crippen LogP contribution in [0.2, 0.25) is 5.02 Å². The Morgan fingerprint density at radius 2 is 2.25 bits per heavy atom. The summed E-state index contributed by atoms with van der Waals surface area (Å²) in [6.45, 7) is 0.114. The van der Waals surface area contributed by atoms with Gasteiger partial charge in [-0.15, -0.1) is 0 Å². The van der Waals surface area contributed by atoms with Crippen LogP contribution in [0.4, 0.5) is 4.39 Å². The Labute approximate surface area is 128 Å². The van der Waals surface area contributed by atoms with Gasteiger partial charge in [-0.25, -0.2) is 4.39 Å². The van der Waals surface area contributed by atoms with Gasteiger partial charge < -0.3 is 10.5 Å². The van der Waals surface area contributed by atoms with Gasteiger partial charge in [-0.05, 0) is 28.1 Å². The Kier molecular flexibility index (Phi) is 4.57. The number of aromatic nitrogens is 1. The Hall–Kier alpha value is -1.66. The van der Waals surface area contributed by atoms with Crippen LogP contribution < -0.4 is 10.5 Å². The van der Waals surface area contributed by atoms with E-state index in [0.29, 0.717) is 21.5 Å². The molecule has 0 amide bonds. The van der Waals surface area contributed by atoms with E-state index in [-0.39, 0.29) is 17.5 Å². The summed E-state index contributed by atoms with van der Waals surface area (Å²) in [6.07, 6.45) is 1.54. The molecule has 0 radical (unpaired) electrons. The molecule has 3 N–H and O–H groups in total. The summed E-state index contributed by atoms with van der Waals surface area (Å²) in [4.78, 5) is 4.01. The van der Waals surface area contributed by atoms with Crippen molar-refractivity contribution in [1.29, 1.82) is 5.41 Å². The normalized spacial score (nSPS) is 10.3. The fraction of sp³-hybridized carbons (Fsp3) is 0.0769. The third-order valence-corrected chi connectivity index (χ3v) is 3.41. The number of hydrogen-bond acceptors (Lipinski definition) is 3. The minimum atomic E-state index is -0.567. The van der Waals surface area contributed by atoms with Gasteiger partial charge in [0, 0.05) is 17.8 Å². The Balaban J connectivity index is 2.21. The molecule has 1 aromatic heterocycles. The number of pyridine rings is 1. The van der Waals surface area contributed by atoms with Crippen LogP contribution in [-0.2, 0) is 6.61 Å². The molecule has 0 spiro atoms. The van der Waals surface area contributed by atoms with E-state index in [1.807, 2.05) is 0 Å². The van der Waals surface area contributed by atoms with E-state index in [1.54, 1.807) is 12.1 Å². The lowest BCUT2D eigenvalue weighted by Crippen LogP contribution is -2.16. The van der Waals surface area contributed by atoms with Gasteiger partial charge in [0.25, 0.3) is 0 Å². The predicted octanol–water partition coefficient (Wildman–Crippen LogP) is 3.50. The van der Waals surface area contributed by atoms with Crippen LogP contribution in [0.5, 0.6) is 5.75 Å². The maximum Gasteiger partial charge on any atom is 0.145 e. The zero-order valence-corrected chi connectivity index (χ0v) is 12.5. The molecule has 0 saturated heterocycles. The predicted molar refractivity (Wildman–Crippen MR) is 78.7 cm³/mol. The topological polar surface area (TPSA) is 72.0 Å². The van der Waals surface area contributed by atoms with Crippen LogP contribution in [0, 0.1) is 11.2 Å². The number of nitrogens with zero attached hydrogens (tertiary/aromatic N) is 1. The summed E-state index contributed by atoms with van der Waals surface area (Å²) in [6, 6.07) is 6.06. The molecule has 0 saturated carbocycles. The number of nitrogens with one attached hydrogen (secondary N) is 1. The molecule has 1 heterocycles. The molecule has 2 rings (SSSR count). The highest BCUT2D eigenvalue weighted by atomic mass is 79.9. The molecule has 104 valence electrons. The van der Waals surface area contributed by atoms with Gasteiger partial charge in [0.05, 0.1) is 9.50 Å². The highest BCUT2D eigenvalue weighted by Gasteiger charge is 2.11. The molecule has 0 aliphatic rings. The first-order chi connectivity index (χ1) is 9.49. The van der Waals surface area contributed by atoms with Crippen LogP contribution >= 0.6 is 27.5 Å². The van der Waals surface area contributed by atoms with Gasteiger partial charge in [-0.2, -0.15) is 0 Å². The zero-order valence-electron chi connectivity index (χ0n) is 10.2. The Morgan fingerprint density at radius 1 is 1.50 bits per heavy atom. The number of nitrogens with two attached hydrogens (primary N) is 1. The van der Waals surface area contributed by atoms with Crippen molar-refractivity contribution >= 4 is 33.4 Å². The van der Waals surface area contributed by atoms with Crippen molar-refractivity contribution in [2.24, 2.45) is 5.73 Å². The standard InChI is InChI=1S/C13H10BrClFN3O/c14-8-4-9(15)10(16)5-11(8)20-6-7-2-1-3-19-12(7)13(17)18/h1-5H,6H2,(H3,17,18). The summed E-state index contributed by atoms with van der Waals surface area (Å²) in [7, 11) is 0. The van der Waals surface area contributed by atoms with Crippen LogP contribution in [0.25, 0.3) is 0 Å². The lowest BCUT2D eigenvalue weighted by Gasteiger charge is -2.11. The number of rotatable bonds is 4. The van der Waals surface area contributed by atoms with E-state index in [0.717, 1.165) is 0 Å². The van der Waals surface area contributed by atoms with E-state index in [9.17, 15) is 4.39 Å². The Bertz CT molecular complexity index is 666. The zero-order chi connectivity index (χ0) is 14.7. The average Bonchev–Trinajstić information content (AvgIpc) is 2.41. The highest BCUT2D eigenvalue weighted by Crippen LogP contribution is 2.31. The van der Waals surface area contributed by atoms with E-state index in [2.05, 4.69) is 20.9 Å². The fourth-order valence-electron chi connectivity index (χ4n) is 1.57. The summed E-state index contributed by atoms with van der Waals surface area (Å²) < 4.78 is 19.4. The lowest BCUT2D eigenvalue weighted by molar-refractivity contribution is 0.302. The molecule has 7 heteroatoms. The summed E-state index contributed by atoms with van der Waals surface area (Å²) in [5.74, 6) is -0.404. The first kappa shape index (κ1) is 14.7. The van der Waals surface area contributed by atoms with Gasteiger partial charge in [0.2, 0.25) is 0 Å². The quantitative estimate of drug-likeness (QED) is 0.499. The second-order valence-electron chi connectivity index (χ2n) is 3.91. The average molecular weight is 359 g/mol. The van der Waals surface area contributed by atoms with Crippen molar-refractivity contribution in [2.45, 2.75) is 6.61 Å². The van der Waals surface area contributed by atoms with Crippen LogP contribution in [-0.4, -0.2) is 10.8 Å². The maximum absolute atomic E-state index is 13.4. The lowest BCUT2D eigenvalue weighted by atomic mass is 10.2.